The summed E-state index contributed by atoms with van der Waals surface area (Å²) in [6, 6.07) is 0. The molecule has 0 aliphatic carbocycles. The molecule has 1 heterocycles. The van der Waals surface area contributed by atoms with E-state index in [9.17, 15) is 13.2 Å². The molecule has 0 radical (unpaired) electrons. The van der Waals surface area contributed by atoms with Crippen LogP contribution >= 0.6 is 11.8 Å². The van der Waals surface area contributed by atoms with Crippen molar-refractivity contribution >= 4 is 16.8 Å². The predicted molar refractivity (Wildman–Crippen MR) is 33.4 cm³/mol. The lowest BCUT2D eigenvalue weighted by molar-refractivity contribution is -0.0557. The number of rotatable bonds is 0. The Balaban J connectivity index is 2.65. The number of hydrogen-bond acceptors (Lipinski definition) is 3. The van der Waals surface area contributed by atoms with Crippen molar-refractivity contribution < 1.29 is 13.2 Å². The van der Waals surface area contributed by atoms with Crippen molar-refractivity contribution in [2.45, 2.75) is 6.18 Å². The molecule has 0 saturated carbocycles. The van der Waals surface area contributed by atoms with Crippen LogP contribution in [0.5, 0.6) is 0 Å². The van der Waals surface area contributed by atoms with Gasteiger partial charge in [-0.15, -0.1) is 0 Å². The SMILES string of the molecule is FC(F)(F)C1=NNC=CS1. The highest BCUT2D eigenvalue weighted by Crippen LogP contribution is 2.26. The molecule has 0 fully saturated rings. The maximum atomic E-state index is 11.7. The first kappa shape index (κ1) is 7.46. The normalized spacial score (nSPS) is 18.1. The second kappa shape index (κ2) is 2.53. The summed E-state index contributed by atoms with van der Waals surface area (Å²) >= 11 is 0.552. The summed E-state index contributed by atoms with van der Waals surface area (Å²) in [5.41, 5.74) is 2.11. The summed E-state index contributed by atoms with van der Waals surface area (Å²) in [6.45, 7) is 0. The number of thioether (sulfide) groups is 1. The van der Waals surface area contributed by atoms with E-state index in [1.807, 2.05) is 0 Å². The minimum atomic E-state index is -4.33. The van der Waals surface area contributed by atoms with Crippen molar-refractivity contribution in [1.82, 2.24) is 5.43 Å². The highest BCUT2D eigenvalue weighted by atomic mass is 32.2. The Morgan fingerprint density at radius 2 is 2.20 bits per heavy atom. The zero-order valence-electron chi connectivity index (χ0n) is 4.64. The molecule has 0 atom stereocenters. The number of alkyl halides is 3. The molecule has 0 aromatic rings. The van der Waals surface area contributed by atoms with E-state index in [2.05, 4.69) is 10.5 Å². The molecule has 1 aliphatic heterocycles. The minimum Gasteiger partial charge on any atom is -0.284 e. The van der Waals surface area contributed by atoms with E-state index in [0.29, 0.717) is 11.8 Å². The zero-order chi connectivity index (χ0) is 7.61. The summed E-state index contributed by atoms with van der Waals surface area (Å²) in [5.74, 6) is 0. The zero-order valence-corrected chi connectivity index (χ0v) is 5.46. The second-order valence-electron chi connectivity index (χ2n) is 1.46. The largest absolute Gasteiger partial charge is 0.441 e. The van der Waals surface area contributed by atoms with E-state index >= 15 is 0 Å². The van der Waals surface area contributed by atoms with Crippen molar-refractivity contribution in [2.24, 2.45) is 5.10 Å². The monoisotopic (exact) mass is 168 g/mol. The minimum absolute atomic E-state index is 0.552. The Bertz CT molecular complexity index is 183. The second-order valence-corrected chi connectivity index (χ2v) is 2.36. The smallest absolute Gasteiger partial charge is 0.284 e. The Kier molecular flexibility index (Phi) is 1.89. The van der Waals surface area contributed by atoms with Gasteiger partial charge in [-0.2, -0.15) is 18.3 Å². The van der Waals surface area contributed by atoms with Gasteiger partial charge in [0.2, 0.25) is 5.04 Å². The van der Waals surface area contributed by atoms with Crippen LogP contribution < -0.4 is 5.43 Å². The average molecular weight is 168 g/mol. The van der Waals surface area contributed by atoms with Gasteiger partial charge in [0.15, 0.2) is 0 Å². The molecule has 56 valence electrons. The molecule has 0 aromatic carbocycles. The van der Waals surface area contributed by atoms with Gasteiger partial charge in [-0.25, -0.2) is 0 Å². The van der Waals surface area contributed by atoms with Crippen LogP contribution in [-0.4, -0.2) is 11.2 Å². The maximum Gasteiger partial charge on any atom is 0.441 e. The predicted octanol–water partition coefficient (Wildman–Crippen LogP) is 1.67. The van der Waals surface area contributed by atoms with E-state index in [4.69, 9.17) is 0 Å². The van der Waals surface area contributed by atoms with Gasteiger partial charge in [-0.05, 0) is 5.41 Å². The number of nitrogens with one attached hydrogen (secondary N) is 1. The first-order valence-electron chi connectivity index (χ1n) is 2.33. The number of hydrazone groups is 1. The van der Waals surface area contributed by atoms with Gasteiger partial charge in [0.1, 0.15) is 0 Å². The fourth-order valence-electron chi connectivity index (χ4n) is 0.381. The third-order valence-electron chi connectivity index (χ3n) is 0.731. The number of halogens is 3. The van der Waals surface area contributed by atoms with Crippen molar-refractivity contribution in [3.63, 3.8) is 0 Å². The Labute approximate surface area is 59.2 Å². The van der Waals surface area contributed by atoms with Gasteiger partial charge in [0.05, 0.1) is 0 Å². The first-order chi connectivity index (χ1) is 4.61. The molecule has 1 rings (SSSR count). The average Bonchev–Trinajstić information content (AvgIpc) is 1.88. The Morgan fingerprint density at radius 3 is 2.50 bits per heavy atom. The molecule has 0 bridgehead atoms. The topological polar surface area (TPSA) is 24.4 Å². The maximum absolute atomic E-state index is 11.7. The van der Waals surface area contributed by atoms with Crippen LogP contribution in [0.1, 0.15) is 0 Å². The van der Waals surface area contributed by atoms with E-state index in [0.717, 1.165) is 0 Å². The van der Waals surface area contributed by atoms with Crippen molar-refractivity contribution in [2.75, 3.05) is 0 Å². The van der Waals surface area contributed by atoms with Crippen LogP contribution in [0.4, 0.5) is 13.2 Å². The van der Waals surface area contributed by atoms with E-state index in [1.165, 1.54) is 11.6 Å². The first-order valence-corrected chi connectivity index (χ1v) is 3.21. The molecule has 1 N–H and O–H groups in total. The fraction of sp³-hybridized carbons (Fsp3) is 0.250. The molecular formula is C4H3F3N2S. The molecule has 1 aliphatic rings. The molecule has 0 amide bonds. The van der Waals surface area contributed by atoms with Gasteiger partial charge < -0.3 is 0 Å². The summed E-state index contributed by atoms with van der Waals surface area (Å²) in [6.07, 6.45) is -3.00. The highest BCUT2D eigenvalue weighted by molar-refractivity contribution is 8.16. The van der Waals surface area contributed by atoms with Crippen LogP contribution in [0.25, 0.3) is 0 Å². The molecule has 0 saturated heterocycles. The van der Waals surface area contributed by atoms with Gasteiger partial charge in [-0.1, -0.05) is 11.8 Å². The van der Waals surface area contributed by atoms with Gasteiger partial charge >= 0.3 is 6.18 Å². The lowest BCUT2D eigenvalue weighted by Crippen LogP contribution is -2.22. The lowest BCUT2D eigenvalue weighted by atomic mass is 10.7. The molecule has 6 heteroatoms. The molecule has 2 nitrogen and oxygen atoms in total. The third kappa shape index (κ3) is 1.66. The summed E-state index contributed by atoms with van der Waals surface area (Å²) < 4.78 is 35.1. The Morgan fingerprint density at radius 1 is 1.50 bits per heavy atom. The van der Waals surface area contributed by atoms with Crippen LogP contribution in [-0.2, 0) is 0 Å². The van der Waals surface area contributed by atoms with Gasteiger partial charge in [-0.3, -0.25) is 5.43 Å². The number of hydrogen-bond donors (Lipinski definition) is 1. The van der Waals surface area contributed by atoms with Crippen molar-refractivity contribution in [3.05, 3.63) is 11.6 Å². The summed E-state index contributed by atoms with van der Waals surface area (Å²) in [4.78, 5) is 0. The number of nitrogens with zero attached hydrogens (tertiary/aromatic N) is 1. The van der Waals surface area contributed by atoms with E-state index < -0.39 is 11.2 Å². The highest BCUT2D eigenvalue weighted by Gasteiger charge is 2.36. The van der Waals surface area contributed by atoms with Crippen LogP contribution in [0, 0.1) is 0 Å². The standard InChI is InChI=1S/C4H3F3N2S/c5-4(6,7)3-9-8-1-2-10-3/h1-2,8H. The van der Waals surface area contributed by atoms with Gasteiger partial charge in [0, 0.05) is 6.20 Å². The fourth-order valence-corrected chi connectivity index (χ4v) is 0.878. The molecule has 0 spiro atoms. The van der Waals surface area contributed by atoms with Crippen LogP contribution in [0.3, 0.4) is 0 Å². The lowest BCUT2D eigenvalue weighted by Gasteiger charge is -2.09. The molecular weight excluding hydrogens is 165 g/mol. The van der Waals surface area contributed by atoms with E-state index in [-0.39, 0.29) is 0 Å². The summed E-state index contributed by atoms with van der Waals surface area (Å²) in [5, 5.41) is 3.44. The van der Waals surface area contributed by atoms with Crippen LogP contribution in [0.15, 0.2) is 16.7 Å². The van der Waals surface area contributed by atoms with Gasteiger partial charge in [0.25, 0.3) is 0 Å². The van der Waals surface area contributed by atoms with Crippen LogP contribution in [0.2, 0.25) is 0 Å². The molecule has 0 unspecified atom stereocenters. The molecule has 10 heavy (non-hydrogen) atoms. The molecule has 0 aromatic heterocycles. The van der Waals surface area contributed by atoms with Crippen molar-refractivity contribution in [3.8, 4) is 0 Å². The quantitative estimate of drug-likeness (QED) is 0.595. The van der Waals surface area contributed by atoms with E-state index in [1.54, 1.807) is 0 Å². The third-order valence-corrected chi connectivity index (χ3v) is 1.55. The Hall–Kier alpha value is -0.650. The van der Waals surface area contributed by atoms with Crippen molar-refractivity contribution in [1.29, 1.82) is 0 Å². The summed E-state index contributed by atoms with van der Waals surface area (Å²) in [7, 11) is 0.